The van der Waals surface area contributed by atoms with E-state index in [1.54, 1.807) is 4.90 Å². The normalized spacial score (nSPS) is 16.3. The molecule has 154 valence electrons. The minimum Gasteiger partial charge on any atom is -0.346 e. The number of hydrogen-bond acceptors (Lipinski definition) is 4. The summed E-state index contributed by atoms with van der Waals surface area (Å²) >= 11 is 0. The molecule has 1 N–H and O–H groups in total. The highest BCUT2D eigenvalue weighted by Crippen LogP contribution is 2.19. The van der Waals surface area contributed by atoms with Gasteiger partial charge in [-0.05, 0) is 36.8 Å². The molecule has 8 heteroatoms. The number of carbonyl (C=O) groups excluding carboxylic acids is 2. The van der Waals surface area contributed by atoms with Crippen LogP contribution in [0.1, 0.15) is 35.8 Å². The van der Waals surface area contributed by atoms with E-state index < -0.39 is 10.0 Å². The molecule has 2 aromatic carbocycles. The maximum atomic E-state index is 12.8. The second-order valence-corrected chi connectivity index (χ2v) is 8.98. The molecule has 0 aromatic heterocycles. The van der Waals surface area contributed by atoms with Gasteiger partial charge in [0.1, 0.15) is 0 Å². The first kappa shape index (κ1) is 21.0. The van der Waals surface area contributed by atoms with Gasteiger partial charge >= 0.3 is 0 Å². The van der Waals surface area contributed by atoms with Gasteiger partial charge in [0.2, 0.25) is 15.9 Å². The van der Waals surface area contributed by atoms with E-state index in [1.165, 1.54) is 35.5 Å². The third-order valence-corrected chi connectivity index (χ3v) is 7.00. The lowest BCUT2D eigenvalue weighted by Crippen LogP contribution is -2.49. The summed E-state index contributed by atoms with van der Waals surface area (Å²) in [5.74, 6) is -0.317. The number of nitrogens with one attached hydrogen (secondary N) is 1. The van der Waals surface area contributed by atoms with Gasteiger partial charge in [-0.3, -0.25) is 9.59 Å². The zero-order valence-electron chi connectivity index (χ0n) is 16.5. The number of carbonyl (C=O) groups is 2. The molecule has 0 spiro atoms. The lowest BCUT2D eigenvalue weighted by Gasteiger charge is -2.33. The zero-order chi connectivity index (χ0) is 21.0. The Hall–Kier alpha value is -2.71. The predicted molar refractivity (Wildman–Crippen MR) is 110 cm³/mol. The molecule has 7 nitrogen and oxygen atoms in total. The van der Waals surface area contributed by atoms with Gasteiger partial charge in [-0.2, -0.15) is 4.31 Å². The highest BCUT2D eigenvalue weighted by molar-refractivity contribution is 7.89. The van der Waals surface area contributed by atoms with Gasteiger partial charge in [0.15, 0.2) is 0 Å². The molecular weight excluding hydrogens is 390 g/mol. The van der Waals surface area contributed by atoms with Gasteiger partial charge in [-0.25, -0.2) is 8.42 Å². The Morgan fingerprint density at radius 2 is 1.52 bits per heavy atom. The number of hydrogen-bond donors (Lipinski definition) is 1. The van der Waals surface area contributed by atoms with Crippen LogP contribution < -0.4 is 5.32 Å². The summed E-state index contributed by atoms with van der Waals surface area (Å²) in [6, 6.07) is 15.4. The molecule has 1 aliphatic rings. The van der Waals surface area contributed by atoms with E-state index in [0.717, 1.165) is 5.56 Å². The Bertz CT molecular complexity index is 967. The highest BCUT2D eigenvalue weighted by atomic mass is 32.2. The number of piperazine rings is 1. The van der Waals surface area contributed by atoms with E-state index in [2.05, 4.69) is 5.32 Å². The Labute approximate surface area is 171 Å². The molecule has 0 bridgehead atoms. The van der Waals surface area contributed by atoms with Crippen LogP contribution in [-0.4, -0.2) is 55.6 Å². The number of nitrogens with zero attached hydrogens (tertiary/aromatic N) is 2. The molecule has 1 heterocycles. The minimum atomic E-state index is -3.66. The van der Waals surface area contributed by atoms with Crippen LogP contribution in [0.15, 0.2) is 59.5 Å². The monoisotopic (exact) mass is 415 g/mol. The van der Waals surface area contributed by atoms with Gasteiger partial charge in [0, 0.05) is 38.7 Å². The van der Waals surface area contributed by atoms with E-state index in [0.29, 0.717) is 18.7 Å². The Morgan fingerprint density at radius 3 is 2.07 bits per heavy atom. The van der Waals surface area contributed by atoms with Crippen molar-refractivity contribution in [1.29, 1.82) is 0 Å². The summed E-state index contributed by atoms with van der Waals surface area (Å²) in [6.45, 7) is 4.66. The van der Waals surface area contributed by atoms with Crippen molar-refractivity contribution in [1.82, 2.24) is 14.5 Å². The van der Waals surface area contributed by atoms with Gasteiger partial charge < -0.3 is 10.2 Å². The molecule has 29 heavy (non-hydrogen) atoms. The zero-order valence-corrected chi connectivity index (χ0v) is 17.4. The molecule has 1 atom stereocenters. The van der Waals surface area contributed by atoms with E-state index in [9.17, 15) is 18.0 Å². The lowest BCUT2D eigenvalue weighted by atomic mass is 10.1. The Balaban J connectivity index is 1.66. The van der Waals surface area contributed by atoms with Gasteiger partial charge in [-0.1, -0.05) is 30.3 Å². The van der Waals surface area contributed by atoms with Gasteiger partial charge in [0.05, 0.1) is 10.9 Å². The van der Waals surface area contributed by atoms with Crippen molar-refractivity contribution in [2.24, 2.45) is 0 Å². The number of rotatable bonds is 5. The van der Waals surface area contributed by atoms with E-state index in [-0.39, 0.29) is 35.8 Å². The first-order valence-electron chi connectivity index (χ1n) is 9.50. The third kappa shape index (κ3) is 4.83. The van der Waals surface area contributed by atoms with Crippen molar-refractivity contribution in [3.63, 3.8) is 0 Å². The SMILES string of the molecule is CC(=O)N1CCN(S(=O)(=O)c2ccc(C(=O)NC(C)c3ccccc3)cc2)CC1. The van der Waals surface area contributed by atoms with Crippen molar-refractivity contribution in [3.05, 3.63) is 65.7 Å². The second kappa shape index (κ2) is 8.75. The Morgan fingerprint density at radius 1 is 0.931 bits per heavy atom. The van der Waals surface area contributed by atoms with Crippen LogP contribution in [0.2, 0.25) is 0 Å². The van der Waals surface area contributed by atoms with Crippen LogP contribution in [0, 0.1) is 0 Å². The number of benzene rings is 2. The molecule has 1 saturated heterocycles. The fourth-order valence-corrected chi connectivity index (χ4v) is 4.70. The van der Waals surface area contributed by atoms with Crippen LogP contribution in [-0.2, 0) is 14.8 Å². The molecule has 1 fully saturated rings. The summed E-state index contributed by atoms with van der Waals surface area (Å²) in [6.07, 6.45) is 0. The molecule has 3 rings (SSSR count). The van der Waals surface area contributed by atoms with Crippen LogP contribution in [0.4, 0.5) is 0 Å². The highest BCUT2D eigenvalue weighted by Gasteiger charge is 2.29. The quantitative estimate of drug-likeness (QED) is 0.810. The second-order valence-electron chi connectivity index (χ2n) is 7.04. The average Bonchev–Trinajstić information content (AvgIpc) is 2.74. The Kier molecular flexibility index (Phi) is 6.34. The number of sulfonamides is 1. The van der Waals surface area contributed by atoms with E-state index >= 15 is 0 Å². The summed E-state index contributed by atoms with van der Waals surface area (Å²) in [7, 11) is -3.66. The van der Waals surface area contributed by atoms with Gasteiger partial charge in [-0.15, -0.1) is 0 Å². The van der Waals surface area contributed by atoms with Crippen LogP contribution in [0.5, 0.6) is 0 Å². The largest absolute Gasteiger partial charge is 0.346 e. The van der Waals surface area contributed by atoms with Crippen LogP contribution in [0.25, 0.3) is 0 Å². The smallest absolute Gasteiger partial charge is 0.251 e. The molecule has 1 unspecified atom stereocenters. The van der Waals surface area contributed by atoms with Crippen LogP contribution >= 0.6 is 0 Å². The first-order chi connectivity index (χ1) is 13.8. The van der Waals surface area contributed by atoms with Gasteiger partial charge in [0.25, 0.3) is 5.91 Å². The minimum absolute atomic E-state index is 0.0536. The standard InChI is InChI=1S/C21H25N3O4S/c1-16(18-6-4-3-5-7-18)22-21(26)19-8-10-20(11-9-19)29(27,28)24-14-12-23(13-15-24)17(2)25/h3-11,16H,12-15H2,1-2H3,(H,22,26). The average molecular weight is 416 g/mol. The van der Waals surface area contributed by atoms with E-state index in [4.69, 9.17) is 0 Å². The fourth-order valence-electron chi connectivity index (χ4n) is 3.28. The maximum Gasteiger partial charge on any atom is 0.251 e. The van der Waals surface area contributed by atoms with Crippen molar-refractivity contribution < 1.29 is 18.0 Å². The fraction of sp³-hybridized carbons (Fsp3) is 0.333. The van der Waals surface area contributed by atoms with E-state index in [1.807, 2.05) is 37.3 Å². The molecule has 0 saturated carbocycles. The molecule has 0 aliphatic carbocycles. The maximum absolute atomic E-state index is 12.8. The molecular formula is C21H25N3O4S. The van der Waals surface area contributed by atoms with Crippen molar-refractivity contribution in [2.75, 3.05) is 26.2 Å². The van der Waals surface area contributed by atoms with Crippen LogP contribution in [0.3, 0.4) is 0 Å². The first-order valence-corrected chi connectivity index (χ1v) is 10.9. The number of amides is 2. The summed E-state index contributed by atoms with van der Waals surface area (Å²) in [5.41, 5.74) is 1.39. The third-order valence-electron chi connectivity index (χ3n) is 5.09. The topological polar surface area (TPSA) is 86.8 Å². The summed E-state index contributed by atoms with van der Waals surface area (Å²) < 4.78 is 27.0. The summed E-state index contributed by atoms with van der Waals surface area (Å²) in [5, 5.41) is 2.91. The molecule has 1 aliphatic heterocycles. The predicted octanol–water partition coefficient (Wildman–Crippen LogP) is 2.03. The molecule has 2 amide bonds. The molecule has 2 aromatic rings. The van der Waals surface area contributed by atoms with Crippen molar-refractivity contribution in [2.45, 2.75) is 24.8 Å². The summed E-state index contributed by atoms with van der Waals surface area (Å²) in [4.78, 5) is 25.7. The molecule has 0 radical (unpaired) electrons. The lowest BCUT2D eigenvalue weighted by molar-refractivity contribution is -0.129. The van der Waals surface area contributed by atoms with Crippen molar-refractivity contribution >= 4 is 21.8 Å². The van der Waals surface area contributed by atoms with Crippen molar-refractivity contribution in [3.8, 4) is 0 Å².